The van der Waals surface area contributed by atoms with Gasteiger partial charge in [-0.05, 0) is 55.8 Å². The van der Waals surface area contributed by atoms with E-state index in [9.17, 15) is 9.59 Å². The third kappa shape index (κ3) is 3.73. The zero-order valence-electron chi connectivity index (χ0n) is 17.5. The molecule has 4 rings (SSSR count). The molecule has 31 heavy (non-hydrogen) atoms. The number of fused-ring (bicyclic) bond motifs is 1. The molecule has 0 aliphatic rings. The van der Waals surface area contributed by atoms with E-state index in [0.29, 0.717) is 33.0 Å². The van der Waals surface area contributed by atoms with Crippen LogP contribution in [0.5, 0.6) is 0 Å². The molecule has 156 valence electrons. The molecule has 0 radical (unpaired) electrons. The van der Waals surface area contributed by atoms with E-state index in [-0.39, 0.29) is 11.5 Å². The Morgan fingerprint density at radius 2 is 1.68 bits per heavy atom. The van der Waals surface area contributed by atoms with Crippen LogP contribution in [0.15, 0.2) is 77.6 Å². The van der Waals surface area contributed by atoms with Crippen LogP contribution < -0.4 is 5.56 Å². The molecule has 0 saturated carbocycles. The van der Waals surface area contributed by atoms with Gasteiger partial charge in [0.2, 0.25) is 0 Å². The predicted octanol–water partition coefficient (Wildman–Crippen LogP) is 5.18. The maximum atomic E-state index is 13.6. The summed E-state index contributed by atoms with van der Waals surface area (Å²) in [5.41, 5.74) is 2.39. The van der Waals surface area contributed by atoms with Gasteiger partial charge < -0.3 is 4.90 Å². The van der Waals surface area contributed by atoms with E-state index in [0.717, 1.165) is 5.56 Å². The highest BCUT2D eigenvalue weighted by Crippen LogP contribution is 2.27. The third-order valence-electron chi connectivity index (χ3n) is 5.58. The topological polar surface area (TPSA) is 55.2 Å². The number of nitrogens with zero attached hydrogens (tertiary/aromatic N) is 3. The summed E-state index contributed by atoms with van der Waals surface area (Å²) in [7, 11) is 1.72. The number of amides is 1. The van der Waals surface area contributed by atoms with Crippen LogP contribution in [0.25, 0.3) is 16.6 Å². The van der Waals surface area contributed by atoms with Gasteiger partial charge in [0.1, 0.15) is 5.82 Å². The molecule has 0 bridgehead atoms. The minimum Gasteiger partial charge on any atom is -0.332 e. The molecule has 0 aliphatic heterocycles. The van der Waals surface area contributed by atoms with Crippen molar-refractivity contribution in [1.82, 2.24) is 14.5 Å². The van der Waals surface area contributed by atoms with Gasteiger partial charge in [-0.25, -0.2) is 4.98 Å². The van der Waals surface area contributed by atoms with Crippen molar-refractivity contribution in [3.63, 3.8) is 0 Å². The Morgan fingerprint density at radius 3 is 2.42 bits per heavy atom. The molecule has 6 heteroatoms. The van der Waals surface area contributed by atoms with Crippen molar-refractivity contribution in [3.8, 4) is 5.69 Å². The second-order valence-electron chi connectivity index (χ2n) is 7.47. The monoisotopic (exact) mass is 431 g/mol. The van der Waals surface area contributed by atoms with E-state index in [1.165, 1.54) is 0 Å². The van der Waals surface area contributed by atoms with E-state index in [1.807, 2.05) is 50.2 Å². The van der Waals surface area contributed by atoms with Gasteiger partial charge >= 0.3 is 0 Å². The number of hydrogen-bond acceptors (Lipinski definition) is 3. The fourth-order valence-electron chi connectivity index (χ4n) is 3.63. The van der Waals surface area contributed by atoms with Gasteiger partial charge in [0.15, 0.2) is 0 Å². The first-order chi connectivity index (χ1) is 14.9. The van der Waals surface area contributed by atoms with Crippen LogP contribution in [0.2, 0.25) is 5.02 Å². The van der Waals surface area contributed by atoms with Crippen LogP contribution >= 0.6 is 11.6 Å². The molecular weight excluding hydrogens is 410 g/mol. The van der Waals surface area contributed by atoms with Crippen molar-refractivity contribution < 1.29 is 4.79 Å². The molecule has 0 aliphatic carbocycles. The molecule has 1 amide bonds. The summed E-state index contributed by atoms with van der Waals surface area (Å²) >= 11 is 6.36. The van der Waals surface area contributed by atoms with E-state index in [1.54, 1.807) is 52.9 Å². The number of carbonyl (C=O) groups is 1. The SMILES string of the molecule is Cc1c(Cl)cccc1-n1c(C(C)N(C)C(=O)c2ccccc2)nc2ccccc2c1=O. The van der Waals surface area contributed by atoms with Gasteiger partial charge in [-0.15, -0.1) is 0 Å². The summed E-state index contributed by atoms with van der Waals surface area (Å²) in [5.74, 6) is 0.325. The summed E-state index contributed by atoms with van der Waals surface area (Å²) in [6.07, 6.45) is 0. The van der Waals surface area contributed by atoms with Gasteiger partial charge in [-0.3, -0.25) is 14.2 Å². The molecule has 1 unspecified atom stereocenters. The van der Waals surface area contributed by atoms with E-state index < -0.39 is 6.04 Å². The fourth-order valence-corrected chi connectivity index (χ4v) is 3.80. The Balaban J connectivity index is 1.93. The maximum absolute atomic E-state index is 13.6. The molecule has 0 spiro atoms. The molecule has 3 aromatic carbocycles. The highest BCUT2D eigenvalue weighted by molar-refractivity contribution is 6.31. The second-order valence-corrected chi connectivity index (χ2v) is 7.88. The van der Waals surface area contributed by atoms with E-state index >= 15 is 0 Å². The average molecular weight is 432 g/mol. The Labute approximate surface area is 185 Å². The van der Waals surface area contributed by atoms with Crippen molar-refractivity contribution in [2.45, 2.75) is 19.9 Å². The molecular formula is C25H22ClN3O2. The summed E-state index contributed by atoms with van der Waals surface area (Å²) in [5, 5.41) is 1.07. The Kier molecular flexibility index (Phi) is 5.61. The molecule has 0 N–H and O–H groups in total. The van der Waals surface area contributed by atoms with Crippen LogP contribution in [0.3, 0.4) is 0 Å². The molecule has 0 fully saturated rings. The van der Waals surface area contributed by atoms with Crippen molar-refractivity contribution in [3.05, 3.63) is 105 Å². The molecule has 1 aromatic heterocycles. The lowest BCUT2D eigenvalue weighted by Crippen LogP contribution is -2.35. The van der Waals surface area contributed by atoms with E-state index in [2.05, 4.69) is 0 Å². The minimum atomic E-state index is -0.469. The minimum absolute atomic E-state index is 0.148. The molecule has 1 heterocycles. The van der Waals surface area contributed by atoms with Crippen LogP contribution in [0.4, 0.5) is 0 Å². The van der Waals surface area contributed by atoms with Crippen LogP contribution in [-0.2, 0) is 0 Å². The number of para-hydroxylation sites is 1. The summed E-state index contributed by atoms with van der Waals surface area (Å²) < 4.78 is 1.57. The number of halogens is 1. The summed E-state index contributed by atoms with van der Waals surface area (Å²) in [6.45, 7) is 3.74. The number of hydrogen-bond donors (Lipinski definition) is 0. The van der Waals surface area contributed by atoms with Gasteiger partial charge in [-0.1, -0.05) is 48.0 Å². The quantitative estimate of drug-likeness (QED) is 0.447. The van der Waals surface area contributed by atoms with Crippen molar-refractivity contribution >= 4 is 28.4 Å². The Morgan fingerprint density at radius 1 is 1.00 bits per heavy atom. The number of carbonyl (C=O) groups excluding carboxylic acids is 1. The van der Waals surface area contributed by atoms with Crippen LogP contribution in [0.1, 0.15) is 34.7 Å². The average Bonchev–Trinajstić information content (AvgIpc) is 2.80. The first-order valence-electron chi connectivity index (χ1n) is 9.99. The van der Waals surface area contributed by atoms with E-state index in [4.69, 9.17) is 16.6 Å². The second kappa shape index (κ2) is 8.36. The standard InChI is InChI=1S/C25H22ClN3O2/c1-16-20(26)13-9-15-22(16)29-23(27-21-14-8-7-12-19(21)25(29)31)17(2)28(3)24(30)18-10-5-4-6-11-18/h4-15,17H,1-3H3. The maximum Gasteiger partial charge on any atom is 0.266 e. The summed E-state index contributed by atoms with van der Waals surface area (Å²) in [6, 6.07) is 21.2. The molecule has 1 atom stereocenters. The fraction of sp³-hybridized carbons (Fsp3) is 0.160. The number of rotatable bonds is 4. The lowest BCUT2D eigenvalue weighted by Gasteiger charge is -2.27. The first-order valence-corrected chi connectivity index (χ1v) is 10.4. The van der Waals surface area contributed by atoms with Gasteiger partial charge in [-0.2, -0.15) is 0 Å². The Hall–Kier alpha value is -3.44. The van der Waals surface area contributed by atoms with Gasteiger partial charge in [0, 0.05) is 17.6 Å². The summed E-state index contributed by atoms with van der Waals surface area (Å²) in [4.78, 5) is 33.0. The van der Waals surface area contributed by atoms with Gasteiger partial charge in [0.25, 0.3) is 11.5 Å². The zero-order valence-corrected chi connectivity index (χ0v) is 18.3. The third-order valence-corrected chi connectivity index (χ3v) is 5.99. The van der Waals surface area contributed by atoms with Gasteiger partial charge in [0.05, 0.1) is 22.6 Å². The van der Waals surface area contributed by atoms with Crippen LogP contribution in [0, 0.1) is 6.92 Å². The Bertz CT molecular complexity index is 1330. The first kappa shape index (κ1) is 20.8. The molecule has 5 nitrogen and oxygen atoms in total. The largest absolute Gasteiger partial charge is 0.332 e. The normalized spacial score (nSPS) is 12.0. The van der Waals surface area contributed by atoms with Crippen molar-refractivity contribution in [2.24, 2.45) is 0 Å². The molecule has 4 aromatic rings. The zero-order chi connectivity index (χ0) is 22.1. The van der Waals surface area contributed by atoms with Crippen molar-refractivity contribution in [2.75, 3.05) is 7.05 Å². The van der Waals surface area contributed by atoms with Crippen LogP contribution in [-0.4, -0.2) is 27.4 Å². The number of aromatic nitrogens is 2. The highest BCUT2D eigenvalue weighted by Gasteiger charge is 2.25. The smallest absolute Gasteiger partial charge is 0.266 e. The molecule has 0 saturated heterocycles. The number of benzene rings is 3. The lowest BCUT2D eigenvalue weighted by molar-refractivity contribution is 0.0735. The highest BCUT2D eigenvalue weighted by atomic mass is 35.5. The van der Waals surface area contributed by atoms with Crippen molar-refractivity contribution in [1.29, 1.82) is 0 Å². The lowest BCUT2D eigenvalue weighted by atomic mass is 10.1. The predicted molar refractivity (Wildman–Crippen MR) is 124 cm³/mol.